The fourth-order valence-corrected chi connectivity index (χ4v) is 3.19. The van der Waals surface area contributed by atoms with Crippen LogP contribution in [0.25, 0.3) is 17.1 Å². The number of hydrogen-bond acceptors (Lipinski definition) is 6. The highest BCUT2D eigenvalue weighted by Crippen LogP contribution is 2.29. The summed E-state index contributed by atoms with van der Waals surface area (Å²) in [5, 5.41) is 0.970. The maximum Gasteiger partial charge on any atom is 0.223 e. The molecule has 1 saturated heterocycles. The zero-order valence-electron chi connectivity index (χ0n) is 15.0. The SMILES string of the molecule is C/C=C(OC)\C(=C/c1cc2c(N3CCCCC3)nc(N)nc2[nH]1)OC. The van der Waals surface area contributed by atoms with E-state index in [-0.39, 0.29) is 5.95 Å². The summed E-state index contributed by atoms with van der Waals surface area (Å²) in [5.74, 6) is 2.48. The number of methoxy groups -OCH3 is 2. The first-order valence-electron chi connectivity index (χ1n) is 8.53. The first kappa shape index (κ1) is 17.1. The monoisotopic (exact) mass is 343 g/mol. The second-order valence-corrected chi connectivity index (χ2v) is 6.01. The van der Waals surface area contributed by atoms with Crippen molar-refractivity contribution in [3.05, 3.63) is 29.4 Å². The molecule has 0 unspecified atom stereocenters. The Hall–Kier alpha value is -2.70. The number of H-pyrrole nitrogens is 1. The Morgan fingerprint density at radius 1 is 1.16 bits per heavy atom. The van der Waals surface area contributed by atoms with Gasteiger partial charge in [-0.05, 0) is 38.3 Å². The lowest BCUT2D eigenvalue weighted by molar-refractivity contribution is 0.222. The van der Waals surface area contributed by atoms with Gasteiger partial charge in [0.15, 0.2) is 11.5 Å². The summed E-state index contributed by atoms with van der Waals surface area (Å²) in [6, 6.07) is 2.03. The van der Waals surface area contributed by atoms with E-state index in [0.29, 0.717) is 11.5 Å². The van der Waals surface area contributed by atoms with E-state index in [1.165, 1.54) is 19.3 Å². The molecule has 0 radical (unpaired) electrons. The summed E-state index contributed by atoms with van der Waals surface area (Å²) in [4.78, 5) is 14.4. The fraction of sp³-hybridized carbons (Fsp3) is 0.444. The molecule has 3 heterocycles. The molecule has 0 aliphatic carbocycles. The van der Waals surface area contributed by atoms with Crippen LogP contribution in [0.2, 0.25) is 0 Å². The number of nitrogens with zero attached hydrogens (tertiary/aromatic N) is 3. The van der Waals surface area contributed by atoms with Gasteiger partial charge in [-0.1, -0.05) is 0 Å². The molecule has 1 aliphatic rings. The number of hydrogen-bond donors (Lipinski definition) is 2. The van der Waals surface area contributed by atoms with Gasteiger partial charge >= 0.3 is 0 Å². The lowest BCUT2D eigenvalue weighted by Crippen LogP contribution is -2.30. The van der Waals surface area contributed by atoms with Crippen molar-refractivity contribution in [1.29, 1.82) is 0 Å². The average Bonchev–Trinajstić information content (AvgIpc) is 3.04. The Bertz CT molecular complexity index is 803. The number of nitrogen functional groups attached to an aromatic ring is 1. The van der Waals surface area contributed by atoms with Gasteiger partial charge in [0.25, 0.3) is 0 Å². The zero-order valence-corrected chi connectivity index (χ0v) is 15.0. The van der Waals surface area contributed by atoms with Crippen molar-refractivity contribution in [2.45, 2.75) is 26.2 Å². The minimum Gasteiger partial charge on any atom is -0.493 e. The van der Waals surface area contributed by atoms with E-state index in [0.717, 1.165) is 35.6 Å². The Kier molecular flexibility index (Phi) is 5.11. The Morgan fingerprint density at radius 3 is 2.52 bits per heavy atom. The summed E-state index contributed by atoms with van der Waals surface area (Å²) < 4.78 is 10.8. The second-order valence-electron chi connectivity index (χ2n) is 6.01. The van der Waals surface area contributed by atoms with Crippen molar-refractivity contribution in [1.82, 2.24) is 15.0 Å². The molecule has 1 aliphatic heterocycles. The van der Waals surface area contributed by atoms with E-state index in [4.69, 9.17) is 15.2 Å². The molecule has 0 aromatic carbocycles. The molecule has 2 aromatic rings. The number of nitrogens with two attached hydrogens (primary N) is 1. The van der Waals surface area contributed by atoms with Crippen molar-refractivity contribution in [3.63, 3.8) is 0 Å². The van der Waals surface area contributed by atoms with Crippen LogP contribution in [0.4, 0.5) is 11.8 Å². The Labute approximate surface area is 147 Å². The summed E-state index contributed by atoms with van der Waals surface area (Å²) in [6.07, 6.45) is 7.36. The number of allylic oxidation sites excluding steroid dienone is 1. The number of nitrogens with one attached hydrogen (secondary N) is 1. The van der Waals surface area contributed by atoms with Gasteiger partial charge in [-0.25, -0.2) is 0 Å². The molecule has 7 nitrogen and oxygen atoms in total. The fourth-order valence-electron chi connectivity index (χ4n) is 3.19. The van der Waals surface area contributed by atoms with Gasteiger partial charge < -0.3 is 25.1 Å². The van der Waals surface area contributed by atoms with Gasteiger partial charge in [0.1, 0.15) is 11.5 Å². The van der Waals surface area contributed by atoms with Gasteiger partial charge in [-0.15, -0.1) is 0 Å². The molecule has 0 bridgehead atoms. The molecule has 3 rings (SSSR count). The maximum absolute atomic E-state index is 5.92. The van der Waals surface area contributed by atoms with Crippen molar-refractivity contribution in [2.75, 3.05) is 37.9 Å². The molecule has 134 valence electrons. The summed E-state index contributed by atoms with van der Waals surface area (Å²) in [7, 11) is 3.24. The number of rotatable bonds is 5. The van der Waals surface area contributed by atoms with Crippen LogP contribution in [-0.4, -0.2) is 42.3 Å². The lowest BCUT2D eigenvalue weighted by Gasteiger charge is -2.28. The van der Waals surface area contributed by atoms with Crippen LogP contribution < -0.4 is 10.6 Å². The first-order valence-corrected chi connectivity index (χ1v) is 8.53. The smallest absolute Gasteiger partial charge is 0.223 e. The first-order chi connectivity index (χ1) is 12.2. The van der Waals surface area contributed by atoms with Crippen LogP contribution in [0.15, 0.2) is 23.7 Å². The molecule has 0 atom stereocenters. The standard InChI is InChI=1S/C18H25N5O2/c1-4-14(24-2)15(25-3)11-12-10-13-16(20-12)21-18(19)22-17(13)23-8-6-5-7-9-23/h4,10-11H,5-9H2,1-3H3,(H3,19,20,21,22)/b14-4+,15-11+. The normalized spacial score (nSPS) is 16.4. The van der Waals surface area contributed by atoms with Crippen molar-refractivity contribution >= 4 is 28.9 Å². The highest BCUT2D eigenvalue weighted by atomic mass is 16.5. The largest absolute Gasteiger partial charge is 0.493 e. The molecule has 0 saturated carbocycles. The highest BCUT2D eigenvalue weighted by Gasteiger charge is 2.18. The van der Waals surface area contributed by atoms with E-state index >= 15 is 0 Å². The lowest BCUT2D eigenvalue weighted by atomic mass is 10.1. The number of ether oxygens (including phenoxy) is 2. The number of aromatic nitrogens is 3. The average molecular weight is 343 g/mol. The van der Waals surface area contributed by atoms with E-state index in [2.05, 4.69) is 19.9 Å². The van der Waals surface area contributed by atoms with Crippen LogP contribution in [0.1, 0.15) is 31.9 Å². The van der Waals surface area contributed by atoms with E-state index in [1.807, 2.05) is 25.1 Å². The molecular formula is C18H25N5O2. The number of aromatic amines is 1. The minimum atomic E-state index is 0.281. The van der Waals surface area contributed by atoms with Gasteiger partial charge in [-0.3, -0.25) is 0 Å². The number of anilines is 2. The third-order valence-electron chi connectivity index (χ3n) is 4.39. The van der Waals surface area contributed by atoms with Gasteiger partial charge in [0.05, 0.1) is 19.6 Å². The molecule has 7 heteroatoms. The molecule has 0 spiro atoms. The predicted octanol–water partition coefficient (Wildman–Crippen LogP) is 3.07. The molecule has 3 N–H and O–H groups in total. The predicted molar refractivity (Wildman–Crippen MR) is 100 cm³/mol. The van der Waals surface area contributed by atoms with Crippen LogP contribution >= 0.6 is 0 Å². The molecule has 2 aromatic heterocycles. The highest BCUT2D eigenvalue weighted by molar-refractivity contribution is 5.91. The summed E-state index contributed by atoms with van der Waals surface area (Å²) in [5.41, 5.74) is 7.51. The van der Waals surface area contributed by atoms with Gasteiger partial charge in [-0.2, -0.15) is 9.97 Å². The van der Waals surface area contributed by atoms with E-state index < -0.39 is 0 Å². The Morgan fingerprint density at radius 2 is 1.88 bits per heavy atom. The summed E-state index contributed by atoms with van der Waals surface area (Å²) in [6.45, 7) is 3.90. The van der Waals surface area contributed by atoms with Crippen molar-refractivity contribution in [2.24, 2.45) is 0 Å². The number of piperidine rings is 1. The maximum atomic E-state index is 5.92. The topological polar surface area (TPSA) is 89.3 Å². The van der Waals surface area contributed by atoms with Crippen LogP contribution in [-0.2, 0) is 9.47 Å². The molecule has 0 amide bonds. The molecular weight excluding hydrogens is 318 g/mol. The van der Waals surface area contributed by atoms with Gasteiger partial charge in [0.2, 0.25) is 5.95 Å². The Balaban J connectivity index is 2.04. The second kappa shape index (κ2) is 7.46. The third kappa shape index (κ3) is 3.55. The quantitative estimate of drug-likeness (QED) is 0.641. The third-order valence-corrected chi connectivity index (χ3v) is 4.39. The molecule has 25 heavy (non-hydrogen) atoms. The van der Waals surface area contributed by atoms with Gasteiger partial charge in [0, 0.05) is 24.9 Å². The van der Waals surface area contributed by atoms with E-state index in [1.54, 1.807) is 14.2 Å². The van der Waals surface area contributed by atoms with Crippen LogP contribution in [0, 0.1) is 0 Å². The van der Waals surface area contributed by atoms with Crippen LogP contribution in [0.5, 0.6) is 0 Å². The summed E-state index contributed by atoms with van der Waals surface area (Å²) >= 11 is 0. The zero-order chi connectivity index (χ0) is 17.8. The number of fused-ring (bicyclic) bond motifs is 1. The van der Waals surface area contributed by atoms with Crippen molar-refractivity contribution < 1.29 is 9.47 Å². The minimum absolute atomic E-state index is 0.281. The van der Waals surface area contributed by atoms with Crippen molar-refractivity contribution in [3.8, 4) is 0 Å². The van der Waals surface area contributed by atoms with Crippen LogP contribution in [0.3, 0.4) is 0 Å². The van der Waals surface area contributed by atoms with E-state index in [9.17, 15) is 0 Å². The molecule has 1 fully saturated rings.